The second-order valence-corrected chi connectivity index (χ2v) is 5.85. The van der Waals surface area contributed by atoms with Crippen LogP contribution in [0.5, 0.6) is 0 Å². The Kier molecular flexibility index (Phi) is 4.33. The summed E-state index contributed by atoms with van der Waals surface area (Å²) in [7, 11) is 0. The molecule has 1 heterocycles. The lowest BCUT2D eigenvalue weighted by Gasteiger charge is -2.08. The fraction of sp³-hybridized carbons (Fsp3) is 0.158. The molecule has 1 aromatic heterocycles. The van der Waals surface area contributed by atoms with E-state index in [2.05, 4.69) is 21.7 Å². The van der Waals surface area contributed by atoms with E-state index in [1.54, 1.807) is 24.3 Å². The first-order chi connectivity index (χ1) is 11.5. The first-order valence-corrected chi connectivity index (χ1v) is 7.75. The highest BCUT2D eigenvalue weighted by molar-refractivity contribution is 5.97. The molecule has 3 N–H and O–H groups in total. The van der Waals surface area contributed by atoms with Gasteiger partial charge in [-0.2, -0.15) is 0 Å². The number of aryl methyl sites for hydroxylation is 1. The fourth-order valence-electron chi connectivity index (χ4n) is 2.69. The van der Waals surface area contributed by atoms with Crippen molar-refractivity contribution in [2.75, 3.05) is 10.6 Å². The highest BCUT2D eigenvalue weighted by atomic mass is 16.2. The number of carbonyl (C=O) groups excluding carboxylic acids is 2. The highest BCUT2D eigenvalue weighted by Crippen LogP contribution is 2.21. The summed E-state index contributed by atoms with van der Waals surface area (Å²) < 4.78 is 0. The third-order valence-electron chi connectivity index (χ3n) is 3.74. The van der Waals surface area contributed by atoms with Crippen LogP contribution in [0.1, 0.15) is 18.1 Å². The molecule has 0 bridgehead atoms. The van der Waals surface area contributed by atoms with Gasteiger partial charge in [0.15, 0.2) is 0 Å². The summed E-state index contributed by atoms with van der Waals surface area (Å²) in [6.45, 7) is 3.48. The minimum absolute atomic E-state index is 0.0996. The molecule has 0 aliphatic rings. The molecule has 5 heteroatoms. The predicted molar refractivity (Wildman–Crippen MR) is 96.1 cm³/mol. The van der Waals surface area contributed by atoms with E-state index in [1.807, 2.05) is 25.3 Å². The van der Waals surface area contributed by atoms with Gasteiger partial charge < -0.3 is 15.6 Å². The number of anilines is 2. The molecule has 0 fully saturated rings. The molecule has 0 saturated carbocycles. The molecule has 0 aliphatic heterocycles. The van der Waals surface area contributed by atoms with E-state index in [-0.39, 0.29) is 18.2 Å². The van der Waals surface area contributed by atoms with Crippen LogP contribution in [0.25, 0.3) is 10.9 Å². The second-order valence-electron chi connectivity index (χ2n) is 5.85. The molecule has 2 aromatic carbocycles. The maximum absolute atomic E-state index is 12.3. The Balaban J connectivity index is 1.73. The van der Waals surface area contributed by atoms with Gasteiger partial charge in [0.05, 0.1) is 6.42 Å². The van der Waals surface area contributed by atoms with E-state index >= 15 is 0 Å². The first-order valence-electron chi connectivity index (χ1n) is 7.75. The van der Waals surface area contributed by atoms with Crippen molar-refractivity contribution in [1.82, 2.24) is 4.98 Å². The van der Waals surface area contributed by atoms with Gasteiger partial charge in [-0.15, -0.1) is 0 Å². The number of aromatic nitrogens is 1. The van der Waals surface area contributed by atoms with Crippen LogP contribution in [-0.2, 0) is 16.0 Å². The summed E-state index contributed by atoms with van der Waals surface area (Å²) in [6, 6.07) is 13.2. The number of amides is 2. The van der Waals surface area contributed by atoms with Crippen molar-refractivity contribution in [2.45, 2.75) is 20.3 Å². The maximum atomic E-state index is 12.3. The average molecular weight is 321 g/mol. The zero-order valence-corrected chi connectivity index (χ0v) is 13.6. The highest BCUT2D eigenvalue weighted by Gasteiger charge is 2.10. The van der Waals surface area contributed by atoms with Crippen LogP contribution in [0.4, 0.5) is 11.4 Å². The Morgan fingerprint density at radius 2 is 1.79 bits per heavy atom. The van der Waals surface area contributed by atoms with E-state index in [9.17, 15) is 9.59 Å². The Bertz CT molecular complexity index is 912. The topological polar surface area (TPSA) is 74.0 Å². The summed E-state index contributed by atoms with van der Waals surface area (Å²) in [5.74, 6) is -0.245. The van der Waals surface area contributed by atoms with Gasteiger partial charge in [0.1, 0.15) is 0 Å². The summed E-state index contributed by atoms with van der Waals surface area (Å²) in [5, 5.41) is 6.63. The number of rotatable bonds is 4. The number of fused-ring (bicyclic) bond motifs is 1. The molecule has 0 saturated heterocycles. The molecule has 3 aromatic rings. The van der Waals surface area contributed by atoms with Gasteiger partial charge in [-0.05, 0) is 42.8 Å². The van der Waals surface area contributed by atoms with Gasteiger partial charge in [-0.1, -0.05) is 17.7 Å². The number of H-pyrrole nitrogens is 1. The third kappa shape index (κ3) is 3.63. The minimum Gasteiger partial charge on any atom is -0.361 e. The Labute approximate surface area is 140 Å². The molecule has 2 amide bonds. The van der Waals surface area contributed by atoms with Crippen molar-refractivity contribution in [1.29, 1.82) is 0 Å². The lowest BCUT2D eigenvalue weighted by molar-refractivity contribution is -0.115. The fourth-order valence-corrected chi connectivity index (χ4v) is 2.69. The minimum atomic E-state index is -0.146. The lowest BCUT2D eigenvalue weighted by atomic mass is 10.1. The lowest BCUT2D eigenvalue weighted by Crippen LogP contribution is -2.14. The van der Waals surface area contributed by atoms with E-state index in [1.165, 1.54) is 6.92 Å². The van der Waals surface area contributed by atoms with Gasteiger partial charge in [-0.3, -0.25) is 9.59 Å². The molecule has 0 radical (unpaired) electrons. The van der Waals surface area contributed by atoms with Gasteiger partial charge in [0.25, 0.3) is 0 Å². The van der Waals surface area contributed by atoms with Gasteiger partial charge >= 0.3 is 0 Å². The van der Waals surface area contributed by atoms with Crippen molar-refractivity contribution in [2.24, 2.45) is 0 Å². The third-order valence-corrected chi connectivity index (χ3v) is 3.74. The van der Waals surface area contributed by atoms with Crippen molar-refractivity contribution in [3.05, 3.63) is 59.8 Å². The summed E-state index contributed by atoms with van der Waals surface area (Å²) >= 11 is 0. The van der Waals surface area contributed by atoms with Crippen molar-refractivity contribution in [3.8, 4) is 0 Å². The molecule has 122 valence electrons. The molecule has 5 nitrogen and oxygen atoms in total. The number of hydrogen-bond acceptors (Lipinski definition) is 2. The van der Waals surface area contributed by atoms with Crippen LogP contribution < -0.4 is 10.6 Å². The number of nitrogens with one attached hydrogen (secondary N) is 3. The van der Waals surface area contributed by atoms with Crippen LogP contribution >= 0.6 is 0 Å². The maximum Gasteiger partial charge on any atom is 0.228 e. The predicted octanol–water partition coefficient (Wildman–Crippen LogP) is 3.62. The van der Waals surface area contributed by atoms with Crippen LogP contribution in [0.15, 0.2) is 48.7 Å². The smallest absolute Gasteiger partial charge is 0.228 e. The number of aromatic amines is 1. The molecular formula is C19H19N3O2. The van der Waals surface area contributed by atoms with Gasteiger partial charge in [0.2, 0.25) is 11.8 Å². The SMILES string of the molecule is CC(=O)Nc1cccc(NC(=O)Cc2c[nH]c3ccc(C)cc23)c1. The van der Waals surface area contributed by atoms with Crippen molar-refractivity contribution >= 4 is 34.1 Å². The monoisotopic (exact) mass is 321 g/mol. The number of carbonyl (C=O) groups is 2. The van der Waals surface area contributed by atoms with Gasteiger partial charge in [-0.25, -0.2) is 0 Å². The summed E-state index contributed by atoms with van der Waals surface area (Å²) in [4.78, 5) is 26.6. The second kappa shape index (κ2) is 6.58. The zero-order chi connectivity index (χ0) is 17.1. The van der Waals surface area contributed by atoms with Crippen molar-refractivity contribution < 1.29 is 9.59 Å². The van der Waals surface area contributed by atoms with E-state index < -0.39 is 0 Å². The number of hydrogen-bond donors (Lipinski definition) is 3. The van der Waals surface area contributed by atoms with Crippen LogP contribution in [0, 0.1) is 6.92 Å². The van der Waals surface area contributed by atoms with Crippen LogP contribution in [0.3, 0.4) is 0 Å². The average Bonchev–Trinajstić information content (AvgIpc) is 2.89. The van der Waals surface area contributed by atoms with E-state index in [0.717, 1.165) is 22.0 Å². The van der Waals surface area contributed by atoms with E-state index in [4.69, 9.17) is 0 Å². The van der Waals surface area contributed by atoms with Gasteiger partial charge in [0, 0.05) is 35.4 Å². The normalized spacial score (nSPS) is 10.6. The molecule has 0 atom stereocenters. The summed E-state index contributed by atoms with van der Waals surface area (Å²) in [6.07, 6.45) is 2.16. The quantitative estimate of drug-likeness (QED) is 0.686. The Morgan fingerprint density at radius 1 is 1.04 bits per heavy atom. The Morgan fingerprint density at radius 3 is 2.54 bits per heavy atom. The molecule has 24 heavy (non-hydrogen) atoms. The first kappa shape index (κ1) is 15.8. The van der Waals surface area contributed by atoms with E-state index in [0.29, 0.717) is 11.4 Å². The zero-order valence-electron chi connectivity index (χ0n) is 13.6. The molecule has 0 spiro atoms. The summed E-state index contributed by atoms with van der Waals surface area (Å²) in [5.41, 5.74) is 4.46. The molecule has 3 rings (SSSR count). The molecule has 0 unspecified atom stereocenters. The standard InChI is InChI=1S/C19H19N3O2/c1-12-6-7-18-17(8-12)14(11-20-18)9-19(24)22-16-5-3-4-15(10-16)21-13(2)23/h3-8,10-11,20H,9H2,1-2H3,(H,21,23)(H,22,24). The van der Waals surface area contributed by atoms with Crippen LogP contribution in [-0.4, -0.2) is 16.8 Å². The molecular weight excluding hydrogens is 302 g/mol. The number of benzene rings is 2. The largest absolute Gasteiger partial charge is 0.361 e. The molecule has 0 aliphatic carbocycles. The van der Waals surface area contributed by atoms with Crippen molar-refractivity contribution in [3.63, 3.8) is 0 Å². The Hall–Kier alpha value is -3.08. The van der Waals surface area contributed by atoms with Crippen LogP contribution in [0.2, 0.25) is 0 Å².